The Kier molecular flexibility index (Phi) is 7.46. The summed E-state index contributed by atoms with van der Waals surface area (Å²) in [6, 6.07) is 4.98. The minimum atomic E-state index is -4.35. The van der Waals surface area contributed by atoms with Crippen molar-refractivity contribution in [3.8, 4) is 11.8 Å². The van der Waals surface area contributed by atoms with Crippen LogP contribution in [0.25, 0.3) is 0 Å². The monoisotopic (exact) mass is 325 g/mol. The van der Waals surface area contributed by atoms with Gasteiger partial charge in [-0.2, -0.15) is 13.2 Å². The maximum atomic E-state index is 12.6. The summed E-state index contributed by atoms with van der Waals surface area (Å²) >= 11 is 0. The van der Waals surface area contributed by atoms with Crippen molar-refractivity contribution in [3.05, 3.63) is 35.4 Å². The van der Waals surface area contributed by atoms with Crippen LogP contribution in [0.1, 0.15) is 31.4 Å². The normalized spacial score (nSPS) is 11.9. The van der Waals surface area contributed by atoms with E-state index in [1.807, 2.05) is 0 Å². The van der Waals surface area contributed by atoms with Crippen LogP contribution in [0.15, 0.2) is 29.3 Å². The lowest BCUT2D eigenvalue weighted by Crippen LogP contribution is -2.38. The van der Waals surface area contributed by atoms with Gasteiger partial charge in [0.05, 0.1) is 12.1 Å². The van der Waals surface area contributed by atoms with Gasteiger partial charge in [-0.15, -0.1) is 0 Å². The van der Waals surface area contributed by atoms with E-state index in [0.29, 0.717) is 24.0 Å². The van der Waals surface area contributed by atoms with E-state index in [2.05, 4.69) is 41.3 Å². The standard InChI is InChI=1S/C17H22F3N3/c1-13(2)9-11-23-16(21-3)22-10-5-7-14-6-4-8-15(12-14)17(18,19)20/h4,6,8,12-13H,9-11H2,1-3H3,(H2,21,22,23). The van der Waals surface area contributed by atoms with Gasteiger partial charge in [-0.25, -0.2) is 0 Å². The van der Waals surface area contributed by atoms with Crippen LogP contribution in [-0.2, 0) is 6.18 Å². The highest BCUT2D eigenvalue weighted by molar-refractivity contribution is 5.79. The van der Waals surface area contributed by atoms with E-state index in [1.54, 1.807) is 13.1 Å². The second kappa shape index (κ2) is 9.09. The number of rotatable bonds is 4. The highest BCUT2D eigenvalue weighted by Gasteiger charge is 2.30. The van der Waals surface area contributed by atoms with E-state index in [4.69, 9.17) is 0 Å². The maximum Gasteiger partial charge on any atom is 0.416 e. The molecule has 0 spiro atoms. The van der Waals surface area contributed by atoms with Gasteiger partial charge >= 0.3 is 6.18 Å². The van der Waals surface area contributed by atoms with Crippen LogP contribution in [0.3, 0.4) is 0 Å². The van der Waals surface area contributed by atoms with Crippen molar-refractivity contribution < 1.29 is 13.2 Å². The largest absolute Gasteiger partial charge is 0.416 e. The van der Waals surface area contributed by atoms with Crippen molar-refractivity contribution in [3.63, 3.8) is 0 Å². The number of aliphatic imine (C=N–C) groups is 1. The van der Waals surface area contributed by atoms with Gasteiger partial charge < -0.3 is 10.6 Å². The second-order valence-electron chi connectivity index (χ2n) is 5.42. The molecule has 0 heterocycles. The lowest BCUT2D eigenvalue weighted by Gasteiger charge is -2.10. The molecular weight excluding hydrogens is 303 g/mol. The smallest absolute Gasteiger partial charge is 0.356 e. The highest BCUT2D eigenvalue weighted by atomic mass is 19.4. The van der Waals surface area contributed by atoms with Gasteiger partial charge in [0.1, 0.15) is 0 Å². The quantitative estimate of drug-likeness (QED) is 0.506. The number of benzene rings is 1. The zero-order chi connectivity index (χ0) is 17.3. The molecule has 0 amide bonds. The molecule has 0 atom stereocenters. The maximum absolute atomic E-state index is 12.6. The van der Waals surface area contributed by atoms with Crippen LogP contribution >= 0.6 is 0 Å². The van der Waals surface area contributed by atoms with E-state index in [0.717, 1.165) is 25.1 Å². The molecule has 126 valence electrons. The Hall–Kier alpha value is -2.16. The molecule has 0 unspecified atom stereocenters. The molecule has 0 aliphatic heterocycles. The van der Waals surface area contributed by atoms with E-state index in [-0.39, 0.29) is 0 Å². The molecule has 0 radical (unpaired) electrons. The Morgan fingerprint density at radius 1 is 1.26 bits per heavy atom. The van der Waals surface area contributed by atoms with Gasteiger partial charge in [-0.05, 0) is 30.5 Å². The second-order valence-corrected chi connectivity index (χ2v) is 5.42. The molecule has 1 aromatic rings. The predicted molar refractivity (Wildman–Crippen MR) is 87.1 cm³/mol. The number of hydrogen-bond donors (Lipinski definition) is 2. The molecular formula is C17H22F3N3. The first-order valence-electron chi connectivity index (χ1n) is 7.43. The first kappa shape index (κ1) is 18.9. The third-order valence-electron chi connectivity index (χ3n) is 3.00. The molecule has 23 heavy (non-hydrogen) atoms. The molecule has 0 aliphatic rings. The van der Waals surface area contributed by atoms with Crippen LogP contribution in [-0.4, -0.2) is 26.1 Å². The third-order valence-corrected chi connectivity index (χ3v) is 3.00. The van der Waals surface area contributed by atoms with Crippen molar-refractivity contribution in [2.45, 2.75) is 26.4 Å². The predicted octanol–water partition coefficient (Wildman–Crippen LogP) is 3.27. The molecule has 6 heteroatoms. The summed E-state index contributed by atoms with van der Waals surface area (Å²) < 4.78 is 37.8. The third kappa shape index (κ3) is 7.59. The molecule has 0 aromatic heterocycles. The summed E-state index contributed by atoms with van der Waals surface area (Å²) in [4.78, 5) is 4.05. The average Bonchev–Trinajstić information content (AvgIpc) is 2.48. The summed E-state index contributed by atoms with van der Waals surface area (Å²) in [5.41, 5.74) is -0.354. The molecule has 2 N–H and O–H groups in total. The van der Waals surface area contributed by atoms with Gasteiger partial charge in [0.15, 0.2) is 5.96 Å². The zero-order valence-corrected chi connectivity index (χ0v) is 13.6. The number of nitrogens with one attached hydrogen (secondary N) is 2. The van der Waals surface area contributed by atoms with Crippen LogP contribution in [0, 0.1) is 17.8 Å². The fourth-order valence-corrected chi connectivity index (χ4v) is 1.75. The number of guanidine groups is 1. The Balaban J connectivity index is 2.51. The van der Waals surface area contributed by atoms with Gasteiger partial charge in [-0.3, -0.25) is 4.99 Å². The van der Waals surface area contributed by atoms with Gasteiger partial charge in [0.25, 0.3) is 0 Å². The van der Waals surface area contributed by atoms with E-state index in [9.17, 15) is 13.2 Å². The zero-order valence-electron chi connectivity index (χ0n) is 13.6. The molecule has 0 fully saturated rings. The average molecular weight is 325 g/mol. The first-order valence-corrected chi connectivity index (χ1v) is 7.43. The number of alkyl halides is 3. The fourth-order valence-electron chi connectivity index (χ4n) is 1.75. The SMILES string of the molecule is CN=C(NCC#Cc1cccc(C(F)(F)F)c1)NCCC(C)C. The summed E-state index contributed by atoms with van der Waals surface area (Å²) in [5, 5.41) is 6.15. The Morgan fingerprint density at radius 2 is 2.00 bits per heavy atom. The molecule has 1 aromatic carbocycles. The molecule has 0 aliphatic carbocycles. The van der Waals surface area contributed by atoms with Gasteiger partial charge in [-0.1, -0.05) is 31.8 Å². The van der Waals surface area contributed by atoms with Crippen molar-refractivity contribution in [1.29, 1.82) is 0 Å². The molecule has 0 bridgehead atoms. The molecule has 1 rings (SSSR count). The Labute approximate surface area is 135 Å². The highest BCUT2D eigenvalue weighted by Crippen LogP contribution is 2.29. The Bertz CT molecular complexity index is 581. The number of halogens is 3. The van der Waals surface area contributed by atoms with Gasteiger partial charge in [0, 0.05) is 19.2 Å². The van der Waals surface area contributed by atoms with Crippen molar-refractivity contribution in [2.24, 2.45) is 10.9 Å². The summed E-state index contributed by atoms with van der Waals surface area (Å²) in [6.07, 6.45) is -3.32. The minimum absolute atomic E-state index is 0.303. The van der Waals surface area contributed by atoms with Crippen molar-refractivity contribution in [2.75, 3.05) is 20.1 Å². The lowest BCUT2D eigenvalue weighted by atomic mass is 10.1. The van der Waals surface area contributed by atoms with Crippen LogP contribution in [0.5, 0.6) is 0 Å². The van der Waals surface area contributed by atoms with Crippen LogP contribution in [0.2, 0.25) is 0 Å². The number of nitrogens with zero attached hydrogens (tertiary/aromatic N) is 1. The first-order chi connectivity index (χ1) is 10.8. The minimum Gasteiger partial charge on any atom is -0.356 e. The van der Waals surface area contributed by atoms with Crippen molar-refractivity contribution in [1.82, 2.24) is 10.6 Å². The lowest BCUT2D eigenvalue weighted by molar-refractivity contribution is -0.137. The topological polar surface area (TPSA) is 36.4 Å². The summed E-state index contributed by atoms with van der Waals surface area (Å²) in [6.45, 7) is 5.38. The van der Waals surface area contributed by atoms with E-state index < -0.39 is 11.7 Å². The number of hydrogen-bond acceptors (Lipinski definition) is 1. The molecule has 0 saturated carbocycles. The summed E-state index contributed by atoms with van der Waals surface area (Å²) in [5.74, 6) is 6.74. The fraction of sp³-hybridized carbons (Fsp3) is 0.471. The van der Waals surface area contributed by atoms with Crippen molar-refractivity contribution >= 4 is 5.96 Å². The van der Waals surface area contributed by atoms with Crippen LogP contribution in [0.4, 0.5) is 13.2 Å². The Morgan fingerprint density at radius 3 is 2.61 bits per heavy atom. The van der Waals surface area contributed by atoms with E-state index in [1.165, 1.54) is 6.07 Å². The van der Waals surface area contributed by atoms with Gasteiger partial charge in [0.2, 0.25) is 0 Å². The van der Waals surface area contributed by atoms with E-state index >= 15 is 0 Å². The molecule has 0 saturated heterocycles. The van der Waals surface area contributed by atoms with Crippen LogP contribution < -0.4 is 10.6 Å². The summed E-state index contributed by atoms with van der Waals surface area (Å²) in [7, 11) is 1.66. The molecule has 3 nitrogen and oxygen atoms in total.